The van der Waals surface area contributed by atoms with Crippen molar-refractivity contribution in [2.75, 3.05) is 6.54 Å². The summed E-state index contributed by atoms with van der Waals surface area (Å²) in [5.74, 6) is 0.718. The van der Waals surface area contributed by atoms with Gasteiger partial charge in [-0.15, -0.1) is 10.2 Å². The quantitative estimate of drug-likeness (QED) is 0.875. The Labute approximate surface area is 115 Å². The molecule has 1 saturated carbocycles. The van der Waals surface area contributed by atoms with Crippen LogP contribution in [0.1, 0.15) is 23.2 Å². The zero-order valence-corrected chi connectivity index (χ0v) is 10.8. The fourth-order valence-corrected chi connectivity index (χ4v) is 2.27. The number of rotatable bonds is 4. The van der Waals surface area contributed by atoms with Crippen molar-refractivity contribution < 1.29 is 14.3 Å². The Bertz CT molecular complexity index is 574. The monoisotopic (exact) mass is 273 g/mol. The Kier molecular flexibility index (Phi) is 3.47. The minimum absolute atomic E-state index is 0.108. The van der Waals surface area contributed by atoms with Gasteiger partial charge in [0.2, 0.25) is 12.3 Å². The first-order valence-electron chi connectivity index (χ1n) is 6.55. The van der Waals surface area contributed by atoms with E-state index in [2.05, 4.69) is 15.5 Å². The van der Waals surface area contributed by atoms with Crippen molar-refractivity contribution in [3.05, 3.63) is 36.2 Å². The van der Waals surface area contributed by atoms with Gasteiger partial charge in [-0.2, -0.15) is 0 Å². The number of carbonyl (C=O) groups excluding carboxylic acids is 1. The Morgan fingerprint density at radius 2 is 2.10 bits per heavy atom. The fraction of sp³-hybridized carbons (Fsp3) is 0.357. The van der Waals surface area contributed by atoms with Gasteiger partial charge in [-0.3, -0.25) is 4.79 Å². The van der Waals surface area contributed by atoms with Gasteiger partial charge in [0, 0.05) is 17.7 Å². The predicted molar refractivity (Wildman–Crippen MR) is 70.8 cm³/mol. The maximum atomic E-state index is 11.9. The molecular formula is C14H15N3O3. The van der Waals surface area contributed by atoms with Crippen molar-refractivity contribution in [3.63, 3.8) is 0 Å². The maximum absolute atomic E-state index is 11.9. The molecule has 1 amide bonds. The molecule has 0 bridgehead atoms. The van der Waals surface area contributed by atoms with E-state index >= 15 is 0 Å². The van der Waals surface area contributed by atoms with Gasteiger partial charge in [0.15, 0.2) is 0 Å². The molecule has 2 N–H and O–H groups in total. The normalized spacial score (nSPS) is 21.2. The summed E-state index contributed by atoms with van der Waals surface area (Å²) >= 11 is 0. The molecule has 0 spiro atoms. The molecule has 0 radical (unpaired) electrons. The third-order valence-electron chi connectivity index (χ3n) is 3.52. The molecular weight excluding hydrogens is 258 g/mol. The molecule has 3 rings (SSSR count). The van der Waals surface area contributed by atoms with E-state index in [0.29, 0.717) is 23.9 Å². The number of nitrogens with one attached hydrogen (secondary N) is 1. The summed E-state index contributed by atoms with van der Waals surface area (Å²) in [5.41, 5.74) is 1.37. The molecule has 0 unspecified atom stereocenters. The zero-order chi connectivity index (χ0) is 13.9. The lowest BCUT2D eigenvalue weighted by Crippen LogP contribution is -2.38. The van der Waals surface area contributed by atoms with Crippen molar-refractivity contribution in [1.82, 2.24) is 15.5 Å². The van der Waals surface area contributed by atoms with Gasteiger partial charge in [0.1, 0.15) is 0 Å². The number of aliphatic hydroxyl groups is 1. The highest BCUT2D eigenvalue weighted by Gasteiger charge is 2.27. The van der Waals surface area contributed by atoms with Gasteiger partial charge in [0.05, 0.1) is 6.10 Å². The van der Waals surface area contributed by atoms with Gasteiger partial charge >= 0.3 is 0 Å². The average molecular weight is 273 g/mol. The molecule has 1 aromatic heterocycles. The number of benzene rings is 1. The van der Waals surface area contributed by atoms with Crippen LogP contribution < -0.4 is 5.32 Å². The van der Waals surface area contributed by atoms with Crippen molar-refractivity contribution in [1.29, 1.82) is 0 Å². The van der Waals surface area contributed by atoms with Crippen molar-refractivity contribution in [3.8, 4) is 11.5 Å². The number of hydrogen-bond donors (Lipinski definition) is 2. The number of nitrogens with zero attached hydrogens (tertiary/aromatic N) is 2. The van der Waals surface area contributed by atoms with Crippen LogP contribution in [0.5, 0.6) is 0 Å². The van der Waals surface area contributed by atoms with Crippen LogP contribution in [-0.4, -0.2) is 33.9 Å². The summed E-state index contributed by atoms with van der Waals surface area (Å²) in [6.07, 6.45) is 2.63. The van der Waals surface area contributed by atoms with Crippen LogP contribution in [0.15, 0.2) is 35.1 Å². The minimum Gasteiger partial charge on any atom is -0.423 e. The molecule has 1 heterocycles. The summed E-state index contributed by atoms with van der Waals surface area (Å²) in [6, 6.07) is 7.00. The van der Waals surface area contributed by atoms with Crippen molar-refractivity contribution >= 4 is 5.91 Å². The first-order valence-corrected chi connectivity index (χ1v) is 6.55. The molecule has 1 fully saturated rings. The molecule has 0 saturated heterocycles. The molecule has 1 aliphatic carbocycles. The fourth-order valence-electron chi connectivity index (χ4n) is 2.27. The SMILES string of the molecule is O=C(NCC1CC(O)C1)c1ccc(-c2nnco2)cc1. The third kappa shape index (κ3) is 2.70. The Morgan fingerprint density at radius 3 is 2.70 bits per heavy atom. The van der Waals surface area contributed by atoms with Gasteiger partial charge in [-0.05, 0) is 43.0 Å². The Balaban J connectivity index is 1.58. The van der Waals surface area contributed by atoms with E-state index in [1.54, 1.807) is 24.3 Å². The zero-order valence-electron chi connectivity index (χ0n) is 10.8. The average Bonchev–Trinajstić information content (AvgIpc) is 2.96. The van der Waals surface area contributed by atoms with Crippen LogP contribution >= 0.6 is 0 Å². The van der Waals surface area contributed by atoms with Crippen LogP contribution in [-0.2, 0) is 0 Å². The van der Waals surface area contributed by atoms with Crippen LogP contribution in [0.4, 0.5) is 0 Å². The highest BCUT2D eigenvalue weighted by atomic mass is 16.4. The lowest BCUT2D eigenvalue weighted by molar-refractivity contribution is 0.0420. The van der Waals surface area contributed by atoms with Crippen LogP contribution in [0.2, 0.25) is 0 Å². The second-order valence-electron chi connectivity index (χ2n) is 5.02. The third-order valence-corrected chi connectivity index (χ3v) is 3.52. The molecule has 2 aromatic rings. The second-order valence-corrected chi connectivity index (χ2v) is 5.02. The van der Waals surface area contributed by atoms with E-state index in [1.165, 1.54) is 6.39 Å². The topological polar surface area (TPSA) is 88.2 Å². The highest BCUT2D eigenvalue weighted by Crippen LogP contribution is 2.26. The van der Waals surface area contributed by atoms with E-state index in [4.69, 9.17) is 4.42 Å². The first kappa shape index (κ1) is 12.8. The number of carbonyl (C=O) groups is 1. The maximum Gasteiger partial charge on any atom is 0.251 e. The Morgan fingerprint density at radius 1 is 1.35 bits per heavy atom. The number of aromatic nitrogens is 2. The lowest BCUT2D eigenvalue weighted by atomic mass is 9.82. The molecule has 1 aliphatic rings. The summed E-state index contributed by atoms with van der Waals surface area (Å²) in [7, 11) is 0. The molecule has 6 heteroatoms. The predicted octanol–water partition coefficient (Wildman–Crippen LogP) is 1.24. The molecule has 6 nitrogen and oxygen atoms in total. The molecule has 20 heavy (non-hydrogen) atoms. The van der Waals surface area contributed by atoms with Gasteiger partial charge in [-0.25, -0.2) is 0 Å². The summed E-state index contributed by atoms with van der Waals surface area (Å²) in [5, 5.41) is 19.5. The smallest absolute Gasteiger partial charge is 0.251 e. The summed E-state index contributed by atoms with van der Waals surface area (Å²) < 4.78 is 5.08. The largest absolute Gasteiger partial charge is 0.423 e. The van der Waals surface area contributed by atoms with E-state index < -0.39 is 0 Å². The van der Waals surface area contributed by atoms with E-state index in [1.807, 2.05) is 0 Å². The Hall–Kier alpha value is -2.21. The minimum atomic E-state index is -0.189. The van der Waals surface area contributed by atoms with E-state index in [-0.39, 0.29) is 12.0 Å². The van der Waals surface area contributed by atoms with Crippen molar-refractivity contribution in [2.45, 2.75) is 18.9 Å². The van der Waals surface area contributed by atoms with Crippen LogP contribution in [0, 0.1) is 5.92 Å². The molecule has 1 aromatic carbocycles. The van der Waals surface area contributed by atoms with Crippen LogP contribution in [0.3, 0.4) is 0 Å². The molecule has 0 aliphatic heterocycles. The van der Waals surface area contributed by atoms with E-state index in [0.717, 1.165) is 18.4 Å². The summed E-state index contributed by atoms with van der Waals surface area (Å²) in [6.45, 7) is 0.612. The van der Waals surface area contributed by atoms with Gasteiger partial charge in [-0.1, -0.05) is 0 Å². The van der Waals surface area contributed by atoms with Gasteiger partial charge in [0.25, 0.3) is 5.91 Å². The number of hydrogen-bond acceptors (Lipinski definition) is 5. The summed E-state index contributed by atoms with van der Waals surface area (Å²) in [4.78, 5) is 11.9. The van der Waals surface area contributed by atoms with Crippen LogP contribution in [0.25, 0.3) is 11.5 Å². The van der Waals surface area contributed by atoms with Gasteiger partial charge < -0.3 is 14.8 Å². The molecule has 0 atom stereocenters. The second kappa shape index (κ2) is 5.42. The molecule has 104 valence electrons. The highest BCUT2D eigenvalue weighted by molar-refractivity contribution is 5.94. The van der Waals surface area contributed by atoms with E-state index in [9.17, 15) is 9.90 Å². The number of amides is 1. The van der Waals surface area contributed by atoms with Crippen molar-refractivity contribution in [2.24, 2.45) is 5.92 Å². The lowest BCUT2D eigenvalue weighted by Gasteiger charge is -2.31. The first-order chi connectivity index (χ1) is 9.72. The number of aliphatic hydroxyl groups excluding tert-OH is 1. The standard InChI is InChI=1S/C14H15N3O3/c18-12-5-9(6-12)7-15-13(19)10-1-3-11(4-2-10)14-17-16-8-20-14/h1-4,8-9,12,18H,5-7H2,(H,15,19).